The van der Waals surface area contributed by atoms with Gasteiger partial charge in [-0.05, 0) is 53.0 Å². The number of ether oxygens (including phenoxy) is 1. The molecule has 0 spiro atoms. The van der Waals surface area contributed by atoms with Crippen molar-refractivity contribution in [3.8, 4) is 0 Å². The molecular weight excluding hydrogens is 314 g/mol. The molecule has 1 heterocycles. The van der Waals surface area contributed by atoms with Crippen molar-refractivity contribution in [1.82, 2.24) is 15.6 Å². The number of alkyl carbamates (subject to hydrolysis) is 1. The van der Waals surface area contributed by atoms with Gasteiger partial charge in [0.2, 0.25) is 5.91 Å². The SMILES string of the molecule is CSc1cccnc1CNC(=O)C(C)(C)NC(=O)OC(C)(C)C. The average Bonchev–Trinajstić information content (AvgIpc) is 2.42. The Morgan fingerprint density at radius 3 is 2.48 bits per heavy atom. The fourth-order valence-electron chi connectivity index (χ4n) is 1.74. The zero-order valence-electron chi connectivity index (χ0n) is 14.5. The lowest BCUT2D eigenvalue weighted by molar-refractivity contribution is -0.126. The van der Waals surface area contributed by atoms with Crippen LogP contribution in [0.25, 0.3) is 0 Å². The molecule has 1 aromatic heterocycles. The fourth-order valence-corrected chi connectivity index (χ4v) is 2.32. The van der Waals surface area contributed by atoms with Gasteiger partial charge in [0.05, 0.1) is 12.2 Å². The Labute approximate surface area is 141 Å². The maximum atomic E-state index is 12.3. The van der Waals surface area contributed by atoms with Crippen LogP contribution in [0.2, 0.25) is 0 Å². The number of carbonyl (C=O) groups excluding carboxylic acids is 2. The minimum atomic E-state index is -1.09. The van der Waals surface area contributed by atoms with Gasteiger partial charge in [-0.3, -0.25) is 9.78 Å². The number of carbonyl (C=O) groups is 2. The van der Waals surface area contributed by atoms with E-state index in [2.05, 4.69) is 15.6 Å². The van der Waals surface area contributed by atoms with E-state index in [-0.39, 0.29) is 5.91 Å². The number of nitrogens with zero attached hydrogens (tertiary/aromatic N) is 1. The van der Waals surface area contributed by atoms with Crippen molar-refractivity contribution in [3.05, 3.63) is 24.0 Å². The van der Waals surface area contributed by atoms with Gasteiger partial charge in [-0.25, -0.2) is 4.79 Å². The Balaban J connectivity index is 2.63. The second-order valence-electron chi connectivity index (χ2n) is 6.59. The maximum Gasteiger partial charge on any atom is 0.408 e. The van der Waals surface area contributed by atoms with Crippen molar-refractivity contribution >= 4 is 23.8 Å². The molecule has 0 aliphatic rings. The van der Waals surface area contributed by atoms with E-state index >= 15 is 0 Å². The molecule has 0 aliphatic heterocycles. The summed E-state index contributed by atoms with van der Waals surface area (Å²) >= 11 is 1.57. The summed E-state index contributed by atoms with van der Waals surface area (Å²) in [5, 5.41) is 5.38. The maximum absolute atomic E-state index is 12.3. The molecule has 0 radical (unpaired) electrons. The van der Waals surface area contributed by atoms with Gasteiger partial charge in [-0.2, -0.15) is 0 Å². The molecular formula is C16H25N3O3S. The highest BCUT2D eigenvalue weighted by molar-refractivity contribution is 7.98. The number of pyridine rings is 1. The van der Waals surface area contributed by atoms with Gasteiger partial charge < -0.3 is 15.4 Å². The van der Waals surface area contributed by atoms with Crippen LogP contribution >= 0.6 is 11.8 Å². The van der Waals surface area contributed by atoms with Gasteiger partial charge in [0, 0.05) is 11.1 Å². The molecule has 23 heavy (non-hydrogen) atoms. The third kappa shape index (κ3) is 6.48. The number of amides is 2. The van der Waals surface area contributed by atoms with Crippen LogP contribution in [-0.2, 0) is 16.1 Å². The van der Waals surface area contributed by atoms with E-state index in [9.17, 15) is 9.59 Å². The minimum absolute atomic E-state index is 0.301. The van der Waals surface area contributed by atoms with Crippen molar-refractivity contribution in [2.75, 3.05) is 6.26 Å². The van der Waals surface area contributed by atoms with Crippen LogP contribution in [0.4, 0.5) is 4.79 Å². The van der Waals surface area contributed by atoms with E-state index < -0.39 is 17.2 Å². The van der Waals surface area contributed by atoms with E-state index in [0.717, 1.165) is 10.6 Å². The second-order valence-corrected chi connectivity index (χ2v) is 7.44. The summed E-state index contributed by atoms with van der Waals surface area (Å²) in [6, 6.07) is 3.80. The first-order valence-electron chi connectivity index (χ1n) is 7.32. The van der Waals surface area contributed by atoms with Crippen molar-refractivity contribution in [3.63, 3.8) is 0 Å². The largest absolute Gasteiger partial charge is 0.444 e. The number of hydrogen-bond donors (Lipinski definition) is 2. The number of hydrogen-bond acceptors (Lipinski definition) is 5. The fraction of sp³-hybridized carbons (Fsp3) is 0.562. The van der Waals surface area contributed by atoms with Crippen LogP contribution in [0, 0.1) is 0 Å². The van der Waals surface area contributed by atoms with Gasteiger partial charge in [-0.1, -0.05) is 0 Å². The minimum Gasteiger partial charge on any atom is -0.444 e. The molecule has 0 bridgehead atoms. The van der Waals surface area contributed by atoms with Gasteiger partial charge in [-0.15, -0.1) is 11.8 Å². The van der Waals surface area contributed by atoms with Gasteiger partial charge in [0.15, 0.2) is 0 Å². The van der Waals surface area contributed by atoms with E-state index in [0.29, 0.717) is 6.54 Å². The lowest BCUT2D eigenvalue weighted by Gasteiger charge is -2.27. The summed E-state index contributed by atoms with van der Waals surface area (Å²) in [6.45, 7) is 8.86. The smallest absolute Gasteiger partial charge is 0.408 e. The van der Waals surface area contributed by atoms with Crippen molar-refractivity contribution in [1.29, 1.82) is 0 Å². The summed E-state index contributed by atoms with van der Waals surface area (Å²) in [4.78, 5) is 29.4. The molecule has 0 aliphatic carbocycles. The molecule has 0 saturated heterocycles. The summed E-state index contributed by atoms with van der Waals surface area (Å²) in [6.07, 6.45) is 3.02. The van der Waals surface area contributed by atoms with Crippen LogP contribution in [0.3, 0.4) is 0 Å². The number of thioether (sulfide) groups is 1. The summed E-state index contributed by atoms with van der Waals surface area (Å²) in [5.74, 6) is -0.305. The highest BCUT2D eigenvalue weighted by Gasteiger charge is 2.31. The Morgan fingerprint density at radius 2 is 1.91 bits per heavy atom. The number of aromatic nitrogens is 1. The molecule has 7 heteroatoms. The zero-order valence-corrected chi connectivity index (χ0v) is 15.3. The monoisotopic (exact) mass is 339 g/mol. The van der Waals surface area contributed by atoms with Crippen LogP contribution in [0.15, 0.2) is 23.2 Å². The lowest BCUT2D eigenvalue weighted by atomic mass is 10.1. The first-order valence-corrected chi connectivity index (χ1v) is 8.55. The first-order chi connectivity index (χ1) is 10.5. The van der Waals surface area contributed by atoms with E-state index in [1.54, 1.807) is 52.6 Å². The normalized spacial score (nSPS) is 11.7. The van der Waals surface area contributed by atoms with Gasteiger partial charge >= 0.3 is 6.09 Å². The highest BCUT2D eigenvalue weighted by atomic mass is 32.2. The van der Waals surface area contributed by atoms with Gasteiger partial charge in [0.25, 0.3) is 0 Å². The molecule has 128 valence electrons. The molecule has 1 aromatic rings. The van der Waals surface area contributed by atoms with Crippen molar-refractivity contribution in [2.24, 2.45) is 0 Å². The molecule has 2 N–H and O–H groups in total. The zero-order chi connectivity index (χ0) is 17.7. The van der Waals surface area contributed by atoms with E-state index in [1.807, 2.05) is 18.4 Å². The Kier molecular flexibility index (Phi) is 6.44. The van der Waals surface area contributed by atoms with Crippen LogP contribution in [0.5, 0.6) is 0 Å². The summed E-state index contributed by atoms with van der Waals surface area (Å²) < 4.78 is 5.18. The predicted molar refractivity (Wildman–Crippen MR) is 91.3 cm³/mol. The molecule has 0 fully saturated rings. The Morgan fingerprint density at radius 1 is 1.26 bits per heavy atom. The van der Waals surface area contributed by atoms with Crippen LogP contribution < -0.4 is 10.6 Å². The number of nitrogens with one attached hydrogen (secondary N) is 2. The van der Waals surface area contributed by atoms with Crippen LogP contribution in [-0.4, -0.2) is 34.4 Å². The highest BCUT2D eigenvalue weighted by Crippen LogP contribution is 2.17. The molecule has 0 saturated carbocycles. The third-order valence-corrected chi connectivity index (χ3v) is 3.68. The van der Waals surface area contributed by atoms with Crippen molar-refractivity contribution < 1.29 is 14.3 Å². The summed E-state index contributed by atoms with van der Waals surface area (Å²) in [5.41, 5.74) is -0.907. The van der Waals surface area contributed by atoms with Gasteiger partial charge in [0.1, 0.15) is 11.1 Å². The molecule has 1 rings (SSSR count). The number of rotatable bonds is 5. The standard InChI is InChI=1S/C16H25N3O3S/c1-15(2,3)22-14(21)19-16(4,5)13(20)18-10-11-12(23-6)8-7-9-17-11/h7-9H,10H2,1-6H3,(H,18,20)(H,19,21). The van der Waals surface area contributed by atoms with Crippen LogP contribution in [0.1, 0.15) is 40.3 Å². The Bertz CT molecular complexity index is 568. The lowest BCUT2D eigenvalue weighted by Crippen LogP contribution is -2.55. The van der Waals surface area contributed by atoms with Crippen molar-refractivity contribution in [2.45, 2.75) is 57.2 Å². The third-order valence-electron chi connectivity index (χ3n) is 2.87. The Hall–Kier alpha value is -1.76. The predicted octanol–water partition coefficient (Wildman–Crippen LogP) is 2.72. The second kappa shape index (κ2) is 7.68. The average molecular weight is 339 g/mol. The molecule has 2 amide bonds. The molecule has 0 unspecified atom stereocenters. The quantitative estimate of drug-likeness (QED) is 0.806. The molecule has 0 aromatic carbocycles. The van der Waals surface area contributed by atoms with E-state index in [4.69, 9.17) is 4.74 Å². The molecule has 6 nitrogen and oxygen atoms in total. The summed E-state index contributed by atoms with van der Waals surface area (Å²) in [7, 11) is 0. The topological polar surface area (TPSA) is 80.3 Å². The first kappa shape index (κ1) is 19.3. The molecule has 0 atom stereocenters. The van der Waals surface area contributed by atoms with E-state index in [1.165, 1.54) is 0 Å².